The molecule has 0 aliphatic carbocycles. The lowest BCUT2D eigenvalue weighted by atomic mass is 10.4. The van der Waals surface area contributed by atoms with Crippen LogP contribution in [0, 0.1) is 0 Å². The number of pyridine rings is 1. The van der Waals surface area contributed by atoms with Gasteiger partial charge in [-0.3, -0.25) is 4.98 Å². The van der Waals surface area contributed by atoms with Gasteiger partial charge in [0.25, 0.3) is 0 Å². The zero-order valence-corrected chi connectivity index (χ0v) is 8.44. The van der Waals surface area contributed by atoms with Crippen LogP contribution in [-0.4, -0.2) is 16.6 Å². The summed E-state index contributed by atoms with van der Waals surface area (Å²) in [6.45, 7) is 0.456. The van der Waals surface area contributed by atoms with Crippen molar-refractivity contribution in [3.05, 3.63) is 23.5 Å². The number of hydrogen-bond acceptors (Lipinski definition) is 3. The largest absolute Gasteiger partial charge is 0.491 e. The van der Waals surface area contributed by atoms with Crippen molar-refractivity contribution >= 4 is 28.8 Å². The Balaban J connectivity index is 2.41. The Kier molecular flexibility index (Phi) is 3.92. The molecule has 0 radical (unpaired) electrons. The Hall–Kier alpha value is -0.870. The standard InChI is InChI=1S/C8H9ClN2OS/c9-6-3-7(5-11-4-6)12-2-1-8(10)13/h3-5H,1-2H2,(H2,10,13). The second-order valence-corrected chi connectivity index (χ2v) is 3.36. The molecular formula is C8H9ClN2OS. The molecule has 1 aromatic heterocycles. The molecule has 0 aliphatic rings. The lowest BCUT2D eigenvalue weighted by molar-refractivity contribution is 0.328. The van der Waals surface area contributed by atoms with E-state index in [-0.39, 0.29) is 0 Å². The zero-order chi connectivity index (χ0) is 9.68. The Morgan fingerprint density at radius 2 is 2.38 bits per heavy atom. The van der Waals surface area contributed by atoms with Crippen molar-refractivity contribution in [1.82, 2.24) is 4.98 Å². The summed E-state index contributed by atoms with van der Waals surface area (Å²) in [4.78, 5) is 4.30. The molecule has 70 valence electrons. The summed E-state index contributed by atoms with van der Waals surface area (Å²) < 4.78 is 5.28. The number of ether oxygens (including phenoxy) is 1. The van der Waals surface area contributed by atoms with Gasteiger partial charge in [-0.1, -0.05) is 23.8 Å². The van der Waals surface area contributed by atoms with Gasteiger partial charge in [0.15, 0.2) is 0 Å². The minimum absolute atomic E-state index is 0.440. The van der Waals surface area contributed by atoms with Crippen molar-refractivity contribution in [3.63, 3.8) is 0 Å². The van der Waals surface area contributed by atoms with Gasteiger partial charge in [-0.15, -0.1) is 0 Å². The molecule has 2 N–H and O–H groups in total. The molecular weight excluding hydrogens is 208 g/mol. The van der Waals surface area contributed by atoms with Crippen LogP contribution in [0.25, 0.3) is 0 Å². The van der Waals surface area contributed by atoms with Gasteiger partial charge in [0, 0.05) is 18.7 Å². The van der Waals surface area contributed by atoms with E-state index in [1.54, 1.807) is 18.5 Å². The molecule has 3 nitrogen and oxygen atoms in total. The number of hydrogen-bond donors (Lipinski definition) is 1. The first-order valence-corrected chi connectivity index (χ1v) is 4.49. The van der Waals surface area contributed by atoms with E-state index >= 15 is 0 Å². The van der Waals surface area contributed by atoms with E-state index in [0.717, 1.165) is 0 Å². The minimum Gasteiger partial charge on any atom is -0.491 e. The number of thiocarbonyl (C=S) groups is 1. The van der Waals surface area contributed by atoms with Crippen molar-refractivity contribution in [2.24, 2.45) is 5.73 Å². The Bertz CT molecular complexity index is 306. The van der Waals surface area contributed by atoms with Crippen LogP contribution in [0.4, 0.5) is 0 Å². The topological polar surface area (TPSA) is 48.1 Å². The van der Waals surface area contributed by atoms with Crippen LogP contribution < -0.4 is 10.5 Å². The normalized spacial score (nSPS) is 9.62. The maximum absolute atomic E-state index is 5.69. The zero-order valence-electron chi connectivity index (χ0n) is 6.87. The van der Waals surface area contributed by atoms with Crippen molar-refractivity contribution < 1.29 is 4.74 Å². The molecule has 0 atom stereocenters. The predicted octanol–water partition coefficient (Wildman–Crippen LogP) is 1.79. The molecule has 5 heteroatoms. The number of nitrogens with two attached hydrogens (primary N) is 1. The summed E-state index contributed by atoms with van der Waals surface area (Å²) in [5.41, 5.74) is 5.30. The fourth-order valence-electron chi connectivity index (χ4n) is 0.741. The SMILES string of the molecule is NC(=S)CCOc1cncc(Cl)c1. The Morgan fingerprint density at radius 1 is 1.62 bits per heavy atom. The third kappa shape index (κ3) is 4.05. The van der Waals surface area contributed by atoms with Crippen LogP contribution in [0.3, 0.4) is 0 Å². The fourth-order valence-corrected chi connectivity index (χ4v) is 0.988. The molecule has 0 spiro atoms. The third-order valence-corrected chi connectivity index (χ3v) is 1.71. The van der Waals surface area contributed by atoms with E-state index < -0.39 is 0 Å². The summed E-state index contributed by atoms with van der Waals surface area (Å²) in [6.07, 6.45) is 3.69. The summed E-state index contributed by atoms with van der Waals surface area (Å²) in [5.74, 6) is 0.628. The number of aromatic nitrogens is 1. The lowest BCUT2D eigenvalue weighted by Gasteiger charge is -2.04. The maximum atomic E-state index is 5.69. The molecule has 0 aliphatic heterocycles. The van der Waals surface area contributed by atoms with Crippen LogP contribution in [0.15, 0.2) is 18.5 Å². The van der Waals surface area contributed by atoms with E-state index in [1.165, 1.54) is 0 Å². The quantitative estimate of drug-likeness (QED) is 0.780. The molecule has 0 saturated carbocycles. The van der Waals surface area contributed by atoms with Crippen LogP contribution >= 0.6 is 23.8 Å². The predicted molar refractivity (Wildman–Crippen MR) is 56.1 cm³/mol. The summed E-state index contributed by atoms with van der Waals surface area (Å²) >= 11 is 10.4. The van der Waals surface area contributed by atoms with Crippen molar-refractivity contribution in [2.45, 2.75) is 6.42 Å². The molecule has 1 heterocycles. The van der Waals surface area contributed by atoms with Gasteiger partial charge in [0.2, 0.25) is 0 Å². The fraction of sp³-hybridized carbons (Fsp3) is 0.250. The van der Waals surface area contributed by atoms with Crippen molar-refractivity contribution in [2.75, 3.05) is 6.61 Å². The molecule has 0 fully saturated rings. The summed E-state index contributed by atoms with van der Waals surface area (Å²) in [6, 6.07) is 1.69. The van der Waals surface area contributed by atoms with Gasteiger partial charge < -0.3 is 10.5 Å². The molecule has 1 aromatic rings. The highest BCUT2D eigenvalue weighted by Crippen LogP contribution is 2.14. The van der Waals surface area contributed by atoms with Crippen molar-refractivity contribution in [3.8, 4) is 5.75 Å². The van der Waals surface area contributed by atoms with E-state index in [4.69, 9.17) is 34.3 Å². The number of nitrogens with zero attached hydrogens (tertiary/aromatic N) is 1. The first-order valence-electron chi connectivity index (χ1n) is 3.70. The van der Waals surface area contributed by atoms with Crippen LogP contribution in [-0.2, 0) is 0 Å². The molecule has 0 unspecified atom stereocenters. The van der Waals surface area contributed by atoms with Crippen molar-refractivity contribution in [1.29, 1.82) is 0 Å². The van der Waals surface area contributed by atoms with Gasteiger partial charge in [-0.05, 0) is 0 Å². The maximum Gasteiger partial charge on any atom is 0.139 e. The number of rotatable bonds is 4. The van der Waals surface area contributed by atoms with E-state index in [2.05, 4.69) is 4.98 Å². The summed E-state index contributed by atoms with van der Waals surface area (Å²) in [7, 11) is 0. The van der Waals surface area contributed by atoms with Crippen LogP contribution in [0.5, 0.6) is 5.75 Å². The van der Waals surface area contributed by atoms with E-state index in [1.807, 2.05) is 0 Å². The van der Waals surface area contributed by atoms with Crippen LogP contribution in [0.1, 0.15) is 6.42 Å². The first-order chi connectivity index (χ1) is 6.18. The lowest BCUT2D eigenvalue weighted by Crippen LogP contribution is -2.12. The van der Waals surface area contributed by atoms with Gasteiger partial charge in [-0.2, -0.15) is 0 Å². The van der Waals surface area contributed by atoms with Gasteiger partial charge in [0.1, 0.15) is 5.75 Å². The third-order valence-electron chi connectivity index (χ3n) is 1.30. The monoisotopic (exact) mass is 216 g/mol. The first kappa shape index (κ1) is 10.2. The Morgan fingerprint density at radius 3 is 3.00 bits per heavy atom. The average molecular weight is 217 g/mol. The second-order valence-electron chi connectivity index (χ2n) is 2.40. The molecule has 0 aromatic carbocycles. The highest BCUT2D eigenvalue weighted by Gasteiger charge is 1.96. The average Bonchev–Trinajstić information content (AvgIpc) is 2.03. The van der Waals surface area contributed by atoms with Gasteiger partial charge >= 0.3 is 0 Å². The minimum atomic E-state index is 0.440. The molecule has 0 saturated heterocycles. The van der Waals surface area contributed by atoms with Crippen LogP contribution in [0.2, 0.25) is 5.02 Å². The smallest absolute Gasteiger partial charge is 0.139 e. The highest BCUT2D eigenvalue weighted by atomic mass is 35.5. The van der Waals surface area contributed by atoms with Gasteiger partial charge in [0.05, 0.1) is 22.8 Å². The molecule has 0 amide bonds. The summed E-state index contributed by atoms with van der Waals surface area (Å²) in [5, 5.41) is 0.549. The number of halogens is 1. The molecule has 0 bridgehead atoms. The Labute approximate surface area is 86.9 Å². The second kappa shape index (κ2) is 4.99. The highest BCUT2D eigenvalue weighted by molar-refractivity contribution is 7.80. The van der Waals surface area contributed by atoms with E-state index in [9.17, 15) is 0 Å². The molecule has 1 rings (SSSR count). The van der Waals surface area contributed by atoms with E-state index in [0.29, 0.717) is 28.8 Å². The molecule has 13 heavy (non-hydrogen) atoms. The van der Waals surface area contributed by atoms with Gasteiger partial charge in [-0.25, -0.2) is 0 Å².